The van der Waals surface area contributed by atoms with Gasteiger partial charge in [-0.05, 0) is 23.3 Å². The zero-order chi connectivity index (χ0) is 13.3. The monoisotopic (exact) mass is 251 g/mol. The summed E-state index contributed by atoms with van der Waals surface area (Å²) in [6.07, 6.45) is 5.14. The first-order valence-electron chi connectivity index (χ1n) is 6.32. The Labute approximate surface area is 114 Å². The molecule has 0 aliphatic rings. The maximum absolute atomic E-state index is 5.61. The van der Waals surface area contributed by atoms with Crippen LogP contribution < -0.4 is 10.1 Å². The molecule has 0 radical (unpaired) electrons. The molecule has 0 amide bonds. The van der Waals surface area contributed by atoms with Crippen molar-refractivity contribution in [2.45, 2.75) is 0 Å². The fraction of sp³-hybridized carbons (Fsp3) is 0.176. The lowest BCUT2D eigenvalue weighted by Crippen LogP contribution is -2.21. The molecule has 0 bridgehead atoms. The maximum atomic E-state index is 5.61. The third-order valence-electron chi connectivity index (χ3n) is 2.74. The van der Waals surface area contributed by atoms with E-state index in [4.69, 9.17) is 11.2 Å². The van der Waals surface area contributed by atoms with Gasteiger partial charge >= 0.3 is 0 Å². The van der Waals surface area contributed by atoms with Gasteiger partial charge in [0.1, 0.15) is 12.4 Å². The van der Waals surface area contributed by atoms with E-state index >= 15 is 0 Å². The van der Waals surface area contributed by atoms with Crippen LogP contribution in [0.4, 0.5) is 0 Å². The lowest BCUT2D eigenvalue weighted by Gasteiger charge is -2.07. The molecule has 2 heteroatoms. The molecule has 0 aliphatic heterocycles. The molecule has 0 aromatic heterocycles. The van der Waals surface area contributed by atoms with Crippen molar-refractivity contribution in [1.82, 2.24) is 5.32 Å². The van der Waals surface area contributed by atoms with Crippen molar-refractivity contribution in [3.8, 4) is 29.2 Å². The van der Waals surface area contributed by atoms with Gasteiger partial charge in [0, 0.05) is 6.54 Å². The highest BCUT2D eigenvalue weighted by Crippen LogP contribution is 2.21. The lowest BCUT2D eigenvalue weighted by molar-refractivity contribution is 0.317. The Balaban J connectivity index is 1.87. The average molecular weight is 251 g/mol. The van der Waals surface area contributed by atoms with Crippen LogP contribution in [0.2, 0.25) is 0 Å². The molecule has 0 unspecified atom stereocenters. The molecule has 0 heterocycles. The van der Waals surface area contributed by atoms with Gasteiger partial charge in [-0.2, -0.15) is 0 Å². The van der Waals surface area contributed by atoms with Crippen LogP contribution in [-0.2, 0) is 0 Å². The van der Waals surface area contributed by atoms with Crippen LogP contribution in [0.1, 0.15) is 0 Å². The number of hydrogen-bond acceptors (Lipinski definition) is 2. The lowest BCUT2D eigenvalue weighted by atomic mass is 10.1. The van der Waals surface area contributed by atoms with Crippen molar-refractivity contribution in [3.63, 3.8) is 0 Å². The second-order valence-electron chi connectivity index (χ2n) is 4.12. The molecule has 2 rings (SSSR count). The predicted molar refractivity (Wildman–Crippen MR) is 79.1 cm³/mol. The van der Waals surface area contributed by atoms with Crippen LogP contribution in [0.25, 0.3) is 11.1 Å². The molecule has 0 atom stereocenters. The topological polar surface area (TPSA) is 21.3 Å². The summed E-state index contributed by atoms with van der Waals surface area (Å²) in [5.41, 5.74) is 2.41. The standard InChI is InChI=1S/C17H17NO/c1-2-12-18-13-14-19-17-10-8-16(9-11-17)15-6-4-3-5-7-15/h1,3-11,18H,12-14H2. The van der Waals surface area contributed by atoms with E-state index in [1.165, 1.54) is 11.1 Å². The van der Waals surface area contributed by atoms with Gasteiger partial charge in [0.25, 0.3) is 0 Å². The Kier molecular flexibility index (Phi) is 5.04. The van der Waals surface area contributed by atoms with Crippen LogP contribution in [0.3, 0.4) is 0 Å². The Bertz CT molecular complexity index is 525. The molecule has 0 aliphatic carbocycles. The Morgan fingerprint density at radius 2 is 1.63 bits per heavy atom. The van der Waals surface area contributed by atoms with E-state index in [9.17, 15) is 0 Å². The predicted octanol–water partition coefficient (Wildman–Crippen LogP) is 2.96. The summed E-state index contributed by atoms with van der Waals surface area (Å²) in [4.78, 5) is 0. The van der Waals surface area contributed by atoms with E-state index in [1.54, 1.807) is 0 Å². The molecule has 0 saturated carbocycles. The van der Waals surface area contributed by atoms with Gasteiger partial charge in [-0.3, -0.25) is 0 Å². The molecule has 0 spiro atoms. The summed E-state index contributed by atoms with van der Waals surface area (Å²) in [7, 11) is 0. The minimum atomic E-state index is 0.580. The third-order valence-corrected chi connectivity index (χ3v) is 2.74. The zero-order valence-electron chi connectivity index (χ0n) is 10.8. The zero-order valence-corrected chi connectivity index (χ0v) is 10.8. The molecule has 2 aromatic carbocycles. The van der Waals surface area contributed by atoms with Crippen molar-refractivity contribution in [3.05, 3.63) is 54.6 Å². The molecule has 0 saturated heterocycles. The number of nitrogens with one attached hydrogen (secondary N) is 1. The molecule has 2 aromatic rings. The van der Waals surface area contributed by atoms with Crippen molar-refractivity contribution in [2.75, 3.05) is 19.7 Å². The van der Waals surface area contributed by atoms with E-state index in [-0.39, 0.29) is 0 Å². The van der Waals surface area contributed by atoms with E-state index in [0.717, 1.165) is 12.3 Å². The summed E-state index contributed by atoms with van der Waals surface area (Å²) >= 11 is 0. The quantitative estimate of drug-likeness (QED) is 0.629. The Hall–Kier alpha value is -2.24. The van der Waals surface area contributed by atoms with Crippen molar-refractivity contribution in [2.24, 2.45) is 0 Å². The summed E-state index contributed by atoms with van der Waals surface area (Å²) in [6.45, 7) is 1.95. The first-order chi connectivity index (χ1) is 9.40. The van der Waals surface area contributed by atoms with Crippen LogP contribution in [0.15, 0.2) is 54.6 Å². The molecular weight excluding hydrogens is 234 g/mol. The summed E-state index contributed by atoms with van der Waals surface area (Å²) in [5, 5.41) is 3.08. The Morgan fingerprint density at radius 3 is 2.32 bits per heavy atom. The van der Waals surface area contributed by atoms with Crippen molar-refractivity contribution in [1.29, 1.82) is 0 Å². The number of rotatable bonds is 6. The van der Waals surface area contributed by atoms with Gasteiger partial charge in [0.2, 0.25) is 0 Å². The SMILES string of the molecule is C#CCNCCOc1ccc(-c2ccccc2)cc1. The largest absolute Gasteiger partial charge is 0.492 e. The van der Waals surface area contributed by atoms with Gasteiger partial charge in [0.15, 0.2) is 0 Å². The highest BCUT2D eigenvalue weighted by molar-refractivity contribution is 5.63. The number of ether oxygens (including phenoxy) is 1. The molecule has 96 valence electrons. The number of benzene rings is 2. The van der Waals surface area contributed by atoms with Gasteiger partial charge in [0.05, 0.1) is 6.54 Å². The third kappa shape index (κ3) is 4.17. The fourth-order valence-electron chi connectivity index (χ4n) is 1.78. The minimum absolute atomic E-state index is 0.580. The van der Waals surface area contributed by atoms with Gasteiger partial charge < -0.3 is 10.1 Å². The van der Waals surface area contributed by atoms with E-state index < -0.39 is 0 Å². The van der Waals surface area contributed by atoms with Gasteiger partial charge in [-0.15, -0.1) is 6.42 Å². The van der Waals surface area contributed by atoms with E-state index in [0.29, 0.717) is 13.2 Å². The summed E-state index contributed by atoms with van der Waals surface area (Å²) in [6, 6.07) is 18.4. The van der Waals surface area contributed by atoms with Crippen LogP contribution in [0.5, 0.6) is 5.75 Å². The summed E-state index contributed by atoms with van der Waals surface area (Å²) < 4.78 is 5.61. The van der Waals surface area contributed by atoms with Crippen molar-refractivity contribution >= 4 is 0 Å². The minimum Gasteiger partial charge on any atom is -0.492 e. The average Bonchev–Trinajstić information content (AvgIpc) is 2.49. The highest BCUT2D eigenvalue weighted by Gasteiger charge is 1.97. The molecular formula is C17H17NO. The summed E-state index contributed by atoms with van der Waals surface area (Å²) in [5.74, 6) is 3.40. The van der Waals surface area contributed by atoms with Crippen molar-refractivity contribution < 1.29 is 4.74 Å². The smallest absolute Gasteiger partial charge is 0.119 e. The maximum Gasteiger partial charge on any atom is 0.119 e. The van der Waals surface area contributed by atoms with Crippen LogP contribution >= 0.6 is 0 Å². The fourth-order valence-corrected chi connectivity index (χ4v) is 1.78. The Morgan fingerprint density at radius 1 is 0.947 bits per heavy atom. The van der Waals surface area contributed by atoms with Crippen LogP contribution in [0, 0.1) is 12.3 Å². The highest BCUT2D eigenvalue weighted by atomic mass is 16.5. The molecule has 0 fully saturated rings. The van der Waals surface area contributed by atoms with E-state index in [1.807, 2.05) is 30.3 Å². The molecule has 19 heavy (non-hydrogen) atoms. The molecule has 1 N–H and O–H groups in total. The first kappa shape index (κ1) is 13.2. The van der Waals surface area contributed by atoms with E-state index in [2.05, 4.69) is 35.5 Å². The number of terminal acetylenes is 1. The normalized spacial score (nSPS) is 9.84. The van der Waals surface area contributed by atoms with Gasteiger partial charge in [-0.1, -0.05) is 48.4 Å². The first-order valence-corrected chi connectivity index (χ1v) is 6.32. The van der Waals surface area contributed by atoms with Gasteiger partial charge in [-0.25, -0.2) is 0 Å². The van der Waals surface area contributed by atoms with Crippen LogP contribution in [-0.4, -0.2) is 19.7 Å². The second kappa shape index (κ2) is 7.25. The number of hydrogen-bond donors (Lipinski definition) is 1. The molecule has 2 nitrogen and oxygen atoms in total. The second-order valence-corrected chi connectivity index (χ2v) is 4.12.